The van der Waals surface area contributed by atoms with Gasteiger partial charge >= 0.3 is 17.9 Å². The number of aliphatic hydroxyl groups excluding tert-OH is 2. The third-order valence-electron chi connectivity index (χ3n) is 1.30. The minimum Gasteiger partial charge on any atom is -0.480 e. The van der Waals surface area contributed by atoms with Gasteiger partial charge in [0.25, 0.3) is 6.10 Å². The van der Waals surface area contributed by atoms with Gasteiger partial charge in [0.2, 0.25) is 0 Å². The lowest BCUT2D eigenvalue weighted by molar-refractivity contribution is -0.168. The van der Waals surface area contributed by atoms with Crippen LogP contribution in [0.4, 0.5) is 0 Å². The maximum atomic E-state index is 10.1. The van der Waals surface area contributed by atoms with Gasteiger partial charge in [-0.05, 0) is 13.8 Å². The van der Waals surface area contributed by atoms with Gasteiger partial charge in [0, 0.05) is 0 Å². The number of aliphatic hydroxyl groups is 2. The van der Waals surface area contributed by atoms with Crippen LogP contribution in [0.15, 0.2) is 0 Å². The van der Waals surface area contributed by atoms with Gasteiger partial charge < -0.3 is 30.3 Å². The average molecular weight is 283 g/mol. The smallest absolute Gasteiger partial charge is 0.344 e. The van der Waals surface area contributed by atoms with Crippen LogP contribution in [0.2, 0.25) is 0 Å². The van der Waals surface area contributed by atoms with Gasteiger partial charge in [0.15, 0.2) is 0 Å². The Hall–Kier alpha value is -1.75. The SMILES string of the molecule is CC(O)NC(C)O.O=C(O)COC(C(=O)O)C(=O)O. The quantitative estimate of drug-likeness (QED) is 0.224. The number of carbonyl (C=O) groups is 3. The monoisotopic (exact) mass is 283 g/mol. The van der Waals surface area contributed by atoms with E-state index in [1.54, 1.807) is 13.8 Å². The Morgan fingerprint density at radius 2 is 1.37 bits per heavy atom. The predicted octanol–water partition coefficient (Wildman–Crippen LogP) is -2.12. The van der Waals surface area contributed by atoms with E-state index < -0.39 is 43.1 Å². The molecule has 0 amide bonds. The van der Waals surface area contributed by atoms with E-state index in [2.05, 4.69) is 10.1 Å². The highest BCUT2D eigenvalue weighted by Gasteiger charge is 2.27. The summed E-state index contributed by atoms with van der Waals surface area (Å²) >= 11 is 0. The van der Waals surface area contributed by atoms with Gasteiger partial charge in [-0.2, -0.15) is 0 Å². The minimum atomic E-state index is -2.12. The molecule has 0 aliphatic carbocycles. The molecule has 19 heavy (non-hydrogen) atoms. The highest BCUT2D eigenvalue weighted by atomic mass is 16.5. The highest BCUT2D eigenvalue weighted by Crippen LogP contribution is 1.92. The molecule has 0 radical (unpaired) electrons. The van der Waals surface area contributed by atoms with Crippen LogP contribution in [0.3, 0.4) is 0 Å². The van der Waals surface area contributed by atoms with Crippen LogP contribution in [-0.2, 0) is 19.1 Å². The van der Waals surface area contributed by atoms with Crippen molar-refractivity contribution < 1.29 is 44.7 Å². The van der Waals surface area contributed by atoms with E-state index in [-0.39, 0.29) is 0 Å². The molecule has 10 nitrogen and oxygen atoms in total. The lowest BCUT2D eigenvalue weighted by Crippen LogP contribution is -2.34. The lowest BCUT2D eigenvalue weighted by Gasteiger charge is -2.08. The molecule has 6 N–H and O–H groups in total. The molecule has 0 saturated carbocycles. The number of carboxylic acids is 3. The molecule has 0 rings (SSSR count). The van der Waals surface area contributed by atoms with Crippen molar-refractivity contribution in [3.05, 3.63) is 0 Å². The summed E-state index contributed by atoms with van der Waals surface area (Å²) in [6, 6.07) is 0. The van der Waals surface area contributed by atoms with Gasteiger partial charge in [-0.25, -0.2) is 14.4 Å². The Morgan fingerprint density at radius 1 is 1.00 bits per heavy atom. The molecule has 2 atom stereocenters. The van der Waals surface area contributed by atoms with Crippen molar-refractivity contribution >= 4 is 17.9 Å². The van der Waals surface area contributed by atoms with Crippen molar-refractivity contribution in [2.75, 3.05) is 6.61 Å². The molecule has 10 heteroatoms. The summed E-state index contributed by atoms with van der Waals surface area (Å²) in [4.78, 5) is 29.9. The van der Waals surface area contributed by atoms with Gasteiger partial charge in [-0.3, -0.25) is 5.32 Å². The van der Waals surface area contributed by atoms with Crippen molar-refractivity contribution in [2.24, 2.45) is 0 Å². The molecular formula is C9H17NO9. The highest BCUT2D eigenvalue weighted by molar-refractivity contribution is 5.96. The molecule has 0 aromatic heterocycles. The Kier molecular flexibility index (Phi) is 10.5. The maximum absolute atomic E-state index is 10.1. The summed E-state index contributed by atoms with van der Waals surface area (Å²) in [6.45, 7) is 2.14. The van der Waals surface area contributed by atoms with Crippen LogP contribution in [0.5, 0.6) is 0 Å². The molecule has 0 aromatic rings. The predicted molar refractivity (Wildman–Crippen MR) is 59.1 cm³/mol. The molecule has 2 unspecified atom stereocenters. The summed E-state index contributed by atoms with van der Waals surface area (Å²) in [5.74, 6) is -4.89. The van der Waals surface area contributed by atoms with Gasteiger partial charge in [-0.1, -0.05) is 0 Å². The van der Waals surface area contributed by atoms with Crippen molar-refractivity contribution in [3.63, 3.8) is 0 Å². The normalized spacial score (nSPS) is 13.1. The largest absolute Gasteiger partial charge is 0.480 e. The molecule has 0 fully saturated rings. The van der Waals surface area contributed by atoms with Crippen LogP contribution >= 0.6 is 0 Å². The van der Waals surface area contributed by atoms with Crippen molar-refractivity contribution in [1.29, 1.82) is 0 Å². The topological polar surface area (TPSA) is 174 Å². The van der Waals surface area contributed by atoms with Crippen LogP contribution < -0.4 is 5.32 Å². The van der Waals surface area contributed by atoms with E-state index in [0.29, 0.717) is 0 Å². The fraction of sp³-hybridized carbons (Fsp3) is 0.667. The molecule has 0 aliphatic heterocycles. The van der Waals surface area contributed by atoms with Crippen LogP contribution in [-0.4, -0.2) is 68.6 Å². The van der Waals surface area contributed by atoms with Gasteiger partial charge in [-0.15, -0.1) is 0 Å². The van der Waals surface area contributed by atoms with E-state index in [1.165, 1.54) is 0 Å². The number of aliphatic carboxylic acids is 3. The van der Waals surface area contributed by atoms with Crippen LogP contribution in [0.25, 0.3) is 0 Å². The number of hydrogen-bond acceptors (Lipinski definition) is 7. The number of rotatable bonds is 7. The Balaban J connectivity index is 0. The average Bonchev–Trinajstić information content (AvgIpc) is 2.14. The lowest BCUT2D eigenvalue weighted by atomic mass is 10.4. The first-order valence-corrected chi connectivity index (χ1v) is 4.99. The second kappa shape index (κ2) is 10.2. The standard InChI is InChI=1S/C5H6O7.C4H11NO2/c6-2(7)1-12-3(4(8)9)5(10)11;1-3(6)5-4(2)7/h3H,1H2,(H,6,7)(H,8,9)(H,10,11);3-7H,1-2H3. The zero-order valence-corrected chi connectivity index (χ0v) is 10.3. The van der Waals surface area contributed by atoms with E-state index in [0.717, 1.165) is 0 Å². The maximum Gasteiger partial charge on any atom is 0.344 e. The first-order chi connectivity index (χ1) is 8.57. The van der Waals surface area contributed by atoms with Crippen molar-refractivity contribution in [3.8, 4) is 0 Å². The summed E-state index contributed by atoms with van der Waals surface area (Å²) in [7, 11) is 0. The molecule has 112 valence electrons. The number of nitrogens with one attached hydrogen (secondary N) is 1. The van der Waals surface area contributed by atoms with Crippen molar-refractivity contribution in [2.45, 2.75) is 32.4 Å². The first kappa shape index (κ1) is 19.6. The molecular weight excluding hydrogens is 266 g/mol. The number of carboxylic acid groups (broad SMARTS) is 3. The molecule has 0 bridgehead atoms. The molecule has 0 aromatic carbocycles. The van der Waals surface area contributed by atoms with Gasteiger partial charge in [0.05, 0.1) is 0 Å². The van der Waals surface area contributed by atoms with E-state index in [4.69, 9.17) is 25.5 Å². The summed E-state index contributed by atoms with van der Waals surface area (Å²) in [6.07, 6.45) is -3.37. The summed E-state index contributed by atoms with van der Waals surface area (Å²) in [5.41, 5.74) is 0. The summed E-state index contributed by atoms with van der Waals surface area (Å²) in [5, 5.41) is 43.7. The second-order valence-electron chi connectivity index (χ2n) is 3.28. The fourth-order valence-corrected chi connectivity index (χ4v) is 0.752. The van der Waals surface area contributed by atoms with E-state index >= 15 is 0 Å². The Morgan fingerprint density at radius 3 is 1.53 bits per heavy atom. The zero-order chi connectivity index (χ0) is 15.6. The van der Waals surface area contributed by atoms with Crippen LogP contribution in [0, 0.1) is 0 Å². The number of hydrogen-bond donors (Lipinski definition) is 6. The molecule has 0 spiro atoms. The summed E-state index contributed by atoms with van der Waals surface area (Å²) < 4.78 is 4.03. The molecule has 0 saturated heterocycles. The number of ether oxygens (including phenoxy) is 1. The first-order valence-electron chi connectivity index (χ1n) is 4.99. The second-order valence-corrected chi connectivity index (χ2v) is 3.28. The third kappa shape index (κ3) is 14.2. The van der Waals surface area contributed by atoms with E-state index in [1.807, 2.05) is 0 Å². The van der Waals surface area contributed by atoms with Crippen molar-refractivity contribution in [1.82, 2.24) is 5.32 Å². The van der Waals surface area contributed by atoms with Gasteiger partial charge in [0.1, 0.15) is 19.1 Å². The third-order valence-corrected chi connectivity index (χ3v) is 1.30. The Bertz CT molecular complexity index is 282. The Labute approximate surface area is 108 Å². The van der Waals surface area contributed by atoms with E-state index in [9.17, 15) is 14.4 Å². The van der Waals surface area contributed by atoms with Crippen LogP contribution in [0.1, 0.15) is 13.8 Å². The fourth-order valence-electron chi connectivity index (χ4n) is 0.752. The molecule has 0 heterocycles. The molecule has 0 aliphatic rings. The zero-order valence-electron chi connectivity index (χ0n) is 10.3. The minimum absolute atomic E-state index is 0.625.